The molecule has 0 spiro atoms. The molecule has 1 aliphatic rings. The van der Waals surface area contributed by atoms with Gasteiger partial charge in [-0.2, -0.15) is 11.8 Å². The monoisotopic (exact) mass is 303 g/mol. The molecule has 0 aromatic rings. The molecule has 1 heterocycles. The molecular weight excluding hydrogens is 278 g/mol. The molecule has 1 saturated heterocycles. The van der Waals surface area contributed by atoms with Crippen LogP contribution in [0.1, 0.15) is 20.3 Å². The number of nitrogens with one attached hydrogen (secondary N) is 1. The molecule has 116 valence electrons. The molecule has 6 nitrogen and oxygen atoms in total. The van der Waals surface area contributed by atoms with Crippen molar-refractivity contribution in [1.82, 2.24) is 10.2 Å². The molecular formula is C13H25N3O3S. The van der Waals surface area contributed by atoms with Gasteiger partial charge in [0, 0.05) is 12.6 Å². The third-order valence-electron chi connectivity index (χ3n) is 3.10. The van der Waals surface area contributed by atoms with Gasteiger partial charge in [-0.15, -0.1) is 0 Å². The summed E-state index contributed by atoms with van der Waals surface area (Å²) >= 11 is 1.65. The summed E-state index contributed by atoms with van der Waals surface area (Å²) in [5.41, 5.74) is 5.92. The van der Waals surface area contributed by atoms with Crippen LogP contribution in [0.25, 0.3) is 0 Å². The first kappa shape index (κ1) is 17.3. The zero-order chi connectivity index (χ0) is 15.1. The van der Waals surface area contributed by atoms with E-state index in [0.717, 1.165) is 5.75 Å². The second-order valence-electron chi connectivity index (χ2n) is 5.17. The molecule has 2 amide bonds. The van der Waals surface area contributed by atoms with Crippen molar-refractivity contribution in [3.05, 3.63) is 0 Å². The summed E-state index contributed by atoms with van der Waals surface area (Å²) < 4.78 is 5.33. The molecule has 7 heteroatoms. The molecule has 1 rings (SSSR count). The lowest BCUT2D eigenvalue weighted by Gasteiger charge is -2.36. The number of hydrogen-bond donors (Lipinski definition) is 2. The summed E-state index contributed by atoms with van der Waals surface area (Å²) in [7, 11) is 0. The molecule has 0 aliphatic carbocycles. The number of rotatable bonds is 6. The molecule has 1 unspecified atom stereocenters. The highest BCUT2D eigenvalue weighted by Crippen LogP contribution is 2.11. The molecule has 0 aromatic carbocycles. The number of nitrogens with zero attached hydrogens (tertiary/aromatic N) is 1. The van der Waals surface area contributed by atoms with E-state index in [1.54, 1.807) is 16.7 Å². The number of amides is 2. The molecule has 3 N–H and O–H groups in total. The van der Waals surface area contributed by atoms with E-state index < -0.39 is 12.1 Å². The lowest BCUT2D eigenvalue weighted by atomic mass is 10.1. The van der Waals surface area contributed by atoms with Gasteiger partial charge in [0.05, 0.1) is 19.3 Å². The summed E-state index contributed by atoms with van der Waals surface area (Å²) in [6.07, 6.45) is 2.60. The molecule has 0 aromatic heterocycles. The van der Waals surface area contributed by atoms with Crippen molar-refractivity contribution in [2.75, 3.05) is 31.8 Å². The molecule has 0 radical (unpaired) electrons. The molecule has 0 saturated carbocycles. The average Bonchev–Trinajstić information content (AvgIpc) is 2.43. The second kappa shape index (κ2) is 8.49. The van der Waals surface area contributed by atoms with Crippen LogP contribution in [-0.4, -0.2) is 66.6 Å². The van der Waals surface area contributed by atoms with Crippen LogP contribution < -0.4 is 11.1 Å². The topological polar surface area (TPSA) is 84.7 Å². The van der Waals surface area contributed by atoms with E-state index in [9.17, 15) is 9.59 Å². The number of morpholine rings is 1. The Morgan fingerprint density at radius 1 is 1.50 bits per heavy atom. The minimum atomic E-state index is -0.570. The Hall–Kier alpha value is -0.790. The lowest BCUT2D eigenvalue weighted by molar-refractivity contribution is -0.149. The third kappa shape index (κ3) is 4.96. The first-order valence-electron chi connectivity index (χ1n) is 6.90. The Bertz CT molecular complexity index is 339. The van der Waals surface area contributed by atoms with Crippen molar-refractivity contribution in [2.45, 2.75) is 38.4 Å². The van der Waals surface area contributed by atoms with Gasteiger partial charge in [-0.3, -0.25) is 9.59 Å². The van der Waals surface area contributed by atoms with E-state index in [1.807, 2.05) is 20.1 Å². The SMILES string of the molecule is CSCC[C@H](N)C(=O)N1CCOCC1C(=O)NC(C)C. The van der Waals surface area contributed by atoms with Gasteiger partial charge in [-0.05, 0) is 32.3 Å². The highest BCUT2D eigenvalue weighted by Gasteiger charge is 2.34. The fourth-order valence-corrected chi connectivity index (χ4v) is 2.54. The van der Waals surface area contributed by atoms with Crippen LogP contribution in [-0.2, 0) is 14.3 Å². The Labute approximate surface area is 124 Å². The number of nitrogens with two attached hydrogens (primary N) is 1. The van der Waals surface area contributed by atoms with E-state index in [0.29, 0.717) is 19.6 Å². The van der Waals surface area contributed by atoms with E-state index in [2.05, 4.69) is 5.32 Å². The highest BCUT2D eigenvalue weighted by atomic mass is 32.2. The zero-order valence-electron chi connectivity index (χ0n) is 12.4. The van der Waals surface area contributed by atoms with Gasteiger partial charge < -0.3 is 20.7 Å². The highest BCUT2D eigenvalue weighted by molar-refractivity contribution is 7.98. The zero-order valence-corrected chi connectivity index (χ0v) is 13.2. The van der Waals surface area contributed by atoms with Gasteiger partial charge in [0.2, 0.25) is 11.8 Å². The van der Waals surface area contributed by atoms with Gasteiger partial charge >= 0.3 is 0 Å². The molecule has 0 bridgehead atoms. The fraction of sp³-hybridized carbons (Fsp3) is 0.846. The number of thioether (sulfide) groups is 1. The average molecular weight is 303 g/mol. The van der Waals surface area contributed by atoms with E-state index in [4.69, 9.17) is 10.5 Å². The van der Waals surface area contributed by atoms with Crippen molar-refractivity contribution in [3.8, 4) is 0 Å². The quantitative estimate of drug-likeness (QED) is 0.711. The lowest BCUT2D eigenvalue weighted by Crippen LogP contribution is -2.59. The maximum atomic E-state index is 12.4. The Morgan fingerprint density at radius 2 is 2.20 bits per heavy atom. The minimum absolute atomic E-state index is 0.0338. The molecule has 1 fully saturated rings. The van der Waals surface area contributed by atoms with Crippen molar-refractivity contribution in [2.24, 2.45) is 5.73 Å². The first-order valence-corrected chi connectivity index (χ1v) is 8.29. The van der Waals surface area contributed by atoms with Crippen LogP contribution in [0.3, 0.4) is 0 Å². The number of carbonyl (C=O) groups excluding carboxylic acids is 2. The summed E-state index contributed by atoms with van der Waals surface area (Å²) in [5, 5.41) is 2.82. The third-order valence-corrected chi connectivity index (χ3v) is 3.74. The molecule has 20 heavy (non-hydrogen) atoms. The van der Waals surface area contributed by atoms with Crippen LogP contribution >= 0.6 is 11.8 Å². The predicted molar refractivity (Wildman–Crippen MR) is 80.6 cm³/mol. The van der Waals surface area contributed by atoms with Crippen molar-refractivity contribution < 1.29 is 14.3 Å². The van der Waals surface area contributed by atoms with Crippen LogP contribution in [0.5, 0.6) is 0 Å². The molecule has 2 atom stereocenters. The number of carbonyl (C=O) groups is 2. The van der Waals surface area contributed by atoms with Gasteiger partial charge in [0.15, 0.2) is 0 Å². The van der Waals surface area contributed by atoms with Crippen molar-refractivity contribution in [3.63, 3.8) is 0 Å². The van der Waals surface area contributed by atoms with Crippen LogP contribution in [0.2, 0.25) is 0 Å². The number of ether oxygens (including phenoxy) is 1. The first-order chi connectivity index (χ1) is 9.47. The molecule has 1 aliphatic heterocycles. The maximum absolute atomic E-state index is 12.4. The predicted octanol–water partition coefficient (Wildman–Crippen LogP) is -0.181. The van der Waals surface area contributed by atoms with E-state index >= 15 is 0 Å². The Morgan fingerprint density at radius 3 is 2.80 bits per heavy atom. The van der Waals surface area contributed by atoms with Crippen molar-refractivity contribution >= 4 is 23.6 Å². The van der Waals surface area contributed by atoms with Crippen LogP contribution in [0.4, 0.5) is 0 Å². The summed E-state index contributed by atoms with van der Waals surface area (Å²) in [4.78, 5) is 26.1. The Kier molecular flexibility index (Phi) is 7.32. The standard InChI is InChI=1S/C13H25N3O3S/c1-9(2)15-12(17)11-8-19-6-5-16(11)13(18)10(14)4-7-20-3/h9-11H,4-8,14H2,1-3H3,(H,15,17)/t10-,11?/m0/s1. The fourth-order valence-electron chi connectivity index (χ4n) is 2.05. The normalized spacial score (nSPS) is 20.9. The summed E-state index contributed by atoms with van der Waals surface area (Å²) in [6, 6.07) is -1.08. The van der Waals surface area contributed by atoms with Gasteiger partial charge in [-0.25, -0.2) is 0 Å². The largest absolute Gasteiger partial charge is 0.377 e. The van der Waals surface area contributed by atoms with E-state index in [-0.39, 0.29) is 24.5 Å². The van der Waals surface area contributed by atoms with Crippen LogP contribution in [0.15, 0.2) is 0 Å². The Balaban J connectivity index is 2.67. The van der Waals surface area contributed by atoms with Gasteiger partial charge in [0.25, 0.3) is 0 Å². The summed E-state index contributed by atoms with van der Waals surface area (Å²) in [6.45, 7) is 4.88. The smallest absolute Gasteiger partial charge is 0.245 e. The van der Waals surface area contributed by atoms with Gasteiger partial charge in [-0.1, -0.05) is 0 Å². The van der Waals surface area contributed by atoms with E-state index in [1.165, 1.54) is 0 Å². The van der Waals surface area contributed by atoms with Crippen LogP contribution in [0, 0.1) is 0 Å². The number of hydrogen-bond acceptors (Lipinski definition) is 5. The second-order valence-corrected chi connectivity index (χ2v) is 6.16. The minimum Gasteiger partial charge on any atom is -0.377 e. The maximum Gasteiger partial charge on any atom is 0.245 e. The van der Waals surface area contributed by atoms with Crippen molar-refractivity contribution in [1.29, 1.82) is 0 Å². The van der Waals surface area contributed by atoms with Gasteiger partial charge in [0.1, 0.15) is 6.04 Å². The summed E-state index contributed by atoms with van der Waals surface area (Å²) in [5.74, 6) is 0.497.